The van der Waals surface area contributed by atoms with Crippen LogP contribution in [0.25, 0.3) is 0 Å². The molecule has 0 radical (unpaired) electrons. The van der Waals surface area contributed by atoms with E-state index in [0.717, 1.165) is 12.8 Å². The van der Waals surface area contributed by atoms with Gasteiger partial charge in [-0.2, -0.15) is 0 Å². The molecule has 0 aromatic heterocycles. The fourth-order valence-corrected chi connectivity index (χ4v) is 2.34. The van der Waals surface area contributed by atoms with E-state index in [1.807, 2.05) is 20.8 Å². The molecule has 2 aliphatic rings. The van der Waals surface area contributed by atoms with E-state index >= 15 is 0 Å². The first-order valence-electron chi connectivity index (χ1n) is 6.69. The normalized spacial score (nSPS) is 29.1. The van der Waals surface area contributed by atoms with E-state index in [4.69, 9.17) is 4.74 Å². The second kappa shape index (κ2) is 4.84. The highest BCUT2D eigenvalue weighted by atomic mass is 16.6. The van der Waals surface area contributed by atoms with Gasteiger partial charge in [0.15, 0.2) is 0 Å². The van der Waals surface area contributed by atoms with Crippen molar-refractivity contribution in [2.45, 2.75) is 76.6 Å². The zero-order valence-corrected chi connectivity index (χ0v) is 11.1. The minimum atomic E-state index is -0.415. The van der Waals surface area contributed by atoms with E-state index in [-0.39, 0.29) is 12.1 Å². The van der Waals surface area contributed by atoms with Gasteiger partial charge in [-0.3, -0.25) is 0 Å². The lowest BCUT2D eigenvalue weighted by Crippen LogP contribution is -2.48. The molecule has 2 aliphatic carbocycles. The summed E-state index contributed by atoms with van der Waals surface area (Å²) in [5.74, 6) is 0. The largest absolute Gasteiger partial charge is 0.444 e. The number of amides is 1. The first kappa shape index (κ1) is 12.7. The number of alkyl carbamates (subject to hydrolysis) is 1. The Balaban J connectivity index is 1.78. The van der Waals surface area contributed by atoms with Crippen LogP contribution in [0.5, 0.6) is 0 Å². The average molecular weight is 240 g/mol. The number of carbonyl (C=O) groups is 1. The number of nitrogens with one attached hydrogen (secondary N) is 2. The topological polar surface area (TPSA) is 50.4 Å². The van der Waals surface area contributed by atoms with Crippen molar-refractivity contribution in [2.24, 2.45) is 0 Å². The zero-order chi connectivity index (χ0) is 12.5. The standard InChI is InChI=1S/C13H24N2O2/c1-13(2,3)17-12(16)15-11-6-4-5-10(11)14-9-7-8-9/h9-11,14H,4-8H2,1-3H3,(H,15,16). The van der Waals surface area contributed by atoms with E-state index < -0.39 is 5.60 Å². The van der Waals surface area contributed by atoms with Gasteiger partial charge in [-0.05, 0) is 52.9 Å². The minimum Gasteiger partial charge on any atom is -0.444 e. The smallest absolute Gasteiger partial charge is 0.407 e. The Labute approximate surface area is 103 Å². The number of hydrogen-bond acceptors (Lipinski definition) is 3. The molecule has 2 N–H and O–H groups in total. The molecule has 4 heteroatoms. The maximum Gasteiger partial charge on any atom is 0.407 e. The quantitative estimate of drug-likeness (QED) is 0.795. The van der Waals surface area contributed by atoms with E-state index in [9.17, 15) is 4.79 Å². The number of ether oxygens (including phenoxy) is 1. The Kier molecular flexibility index (Phi) is 3.61. The Morgan fingerprint density at radius 3 is 2.35 bits per heavy atom. The van der Waals surface area contributed by atoms with Gasteiger partial charge in [0.2, 0.25) is 0 Å². The second-order valence-electron chi connectivity index (χ2n) is 6.23. The van der Waals surface area contributed by atoms with Crippen LogP contribution in [0.15, 0.2) is 0 Å². The molecule has 2 fully saturated rings. The molecule has 17 heavy (non-hydrogen) atoms. The lowest BCUT2D eigenvalue weighted by molar-refractivity contribution is 0.0498. The van der Waals surface area contributed by atoms with Gasteiger partial charge in [0, 0.05) is 18.1 Å². The summed E-state index contributed by atoms with van der Waals surface area (Å²) in [7, 11) is 0. The molecule has 0 aromatic rings. The van der Waals surface area contributed by atoms with Gasteiger partial charge in [0.05, 0.1) is 0 Å². The highest BCUT2D eigenvalue weighted by Gasteiger charge is 2.33. The second-order valence-corrected chi connectivity index (χ2v) is 6.23. The summed E-state index contributed by atoms with van der Waals surface area (Å²) in [6.45, 7) is 5.67. The van der Waals surface area contributed by atoms with Crippen molar-refractivity contribution in [3.63, 3.8) is 0 Å². The predicted octanol–water partition coefficient (Wildman–Crippen LogP) is 2.18. The zero-order valence-electron chi connectivity index (χ0n) is 11.1. The maximum atomic E-state index is 11.7. The van der Waals surface area contributed by atoms with Crippen LogP contribution >= 0.6 is 0 Å². The molecule has 4 nitrogen and oxygen atoms in total. The van der Waals surface area contributed by atoms with Crippen molar-refractivity contribution in [3.05, 3.63) is 0 Å². The molecule has 98 valence electrons. The van der Waals surface area contributed by atoms with Gasteiger partial charge in [-0.25, -0.2) is 4.79 Å². The van der Waals surface area contributed by atoms with Crippen molar-refractivity contribution >= 4 is 6.09 Å². The molecular weight excluding hydrogens is 216 g/mol. The summed E-state index contributed by atoms with van der Waals surface area (Å²) in [6.07, 6.45) is 5.70. The van der Waals surface area contributed by atoms with Crippen molar-refractivity contribution in [3.8, 4) is 0 Å². The summed E-state index contributed by atoms with van der Waals surface area (Å²) in [5.41, 5.74) is -0.415. The summed E-state index contributed by atoms with van der Waals surface area (Å²) in [6, 6.07) is 1.38. The third-order valence-corrected chi connectivity index (χ3v) is 3.25. The number of rotatable bonds is 3. The van der Waals surface area contributed by atoms with Gasteiger partial charge in [-0.15, -0.1) is 0 Å². The molecule has 1 amide bonds. The summed E-state index contributed by atoms with van der Waals surface area (Å²) < 4.78 is 5.29. The third kappa shape index (κ3) is 4.19. The summed E-state index contributed by atoms with van der Waals surface area (Å²) in [5, 5.41) is 6.60. The van der Waals surface area contributed by atoms with Crippen LogP contribution in [-0.2, 0) is 4.74 Å². The lowest BCUT2D eigenvalue weighted by Gasteiger charge is -2.25. The van der Waals surface area contributed by atoms with Crippen LogP contribution in [-0.4, -0.2) is 29.8 Å². The van der Waals surface area contributed by atoms with Crippen molar-refractivity contribution in [2.75, 3.05) is 0 Å². The number of carbonyl (C=O) groups excluding carboxylic acids is 1. The highest BCUT2D eigenvalue weighted by molar-refractivity contribution is 5.68. The van der Waals surface area contributed by atoms with E-state index in [1.165, 1.54) is 19.3 Å². The molecule has 0 spiro atoms. The van der Waals surface area contributed by atoms with Crippen LogP contribution in [0, 0.1) is 0 Å². The molecule has 0 aliphatic heterocycles. The molecular formula is C13H24N2O2. The van der Waals surface area contributed by atoms with Gasteiger partial charge in [0.25, 0.3) is 0 Å². The van der Waals surface area contributed by atoms with Crippen LogP contribution in [0.1, 0.15) is 52.9 Å². The number of hydrogen-bond donors (Lipinski definition) is 2. The summed E-state index contributed by atoms with van der Waals surface area (Å²) >= 11 is 0. The Bertz CT molecular complexity index is 282. The molecule has 2 unspecified atom stereocenters. The monoisotopic (exact) mass is 240 g/mol. The molecule has 2 atom stereocenters. The van der Waals surface area contributed by atoms with Crippen LogP contribution in [0.3, 0.4) is 0 Å². The molecule has 2 rings (SSSR count). The van der Waals surface area contributed by atoms with E-state index in [2.05, 4.69) is 10.6 Å². The van der Waals surface area contributed by atoms with Gasteiger partial charge >= 0.3 is 6.09 Å². The first-order valence-corrected chi connectivity index (χ1v) is 6.69. The van der Waals surface area contributed by atoms with Crippen LogP contribution in [0.4, 0.5) is 4.79 Å². The van der Waals surface area contributed by atoms with Crippen LogP contribution < -0.4 is 10.6 Å². The van der Waals surface area contributed by atoms with Gasteiger partial charge in [0.1, 0.15) is 5.60 Å². The fourth-order valence-electron chi connectivity index (χ4n) is 2.34. The molecule has 0 saturated heterocycles. The van der Waals surface area contributed by atoms with Crippen molar-refractivity contribution < 1.29 is 9.53 Å². The molecule has 2 saturated carbocycles. The third-order valence-electron chi connectivity index (χ3n) is 3.25. The Hall–Kier alpha value is -0.770. The SMILES string of the molecule is CC(C)(C)OC(=O)NC1CCCC1NC1CC1. The van der Waals surface area contributed by atoms with Crippen molar-refractivity contribution in [1.29, 1.82) is 0 Å². The highest BCUT2D eigenvalue weighted by Crippen LogP contribution is 2.26. The van der Waals surface area contributed by atoms with Crippen LogP contribution in [0.2, 0.25) is 0 Å². The lowest BCUT2D eigenvalue weighted by atomic mass is 10.1. The van der Waals surface area contributed by atoms with E-state index in [1.54, 1.807) is 0 Å². The van der Waals surface area contributed by atoms with E-state index in [0.29, 0.717) is 12.1 Å². The molecule has 0 bridgehead atoms. The molecule has 0 aromatic carbocycles. The summed E-state index contributed by atoms with van der Waals surface area (Å²) in [4.78, 5) is 11.7. The van der Waals surface area contributed by atoms with Gasteiger partial charge in [-0.1, -0.05) is 0 Å². The first-order chi connectivity index (χ1) is 7.94. The fraction of sp³-hybridized carbons (Fsp3) is 0.923. The van der Waals surface area contributed by atoms with Gasteiger partial charge < -0.3 is 15.4 Å². The maximum absolute atomic E-state index is 11.7. The Morgan fingerprint density at radius 1 is 1.12 bits per heavy atom. The minimum absolute atomic E-state index is 0.241. The Morgan fingerprint density at radius 2 is 1.76 bits per heavy atom. The average Bonchev–Trinajstić information content (AvgIpc) is 2.86. The molecule has 0 heterocycles. The van der Waals surface area contributed by atoms with Crippen molar-refractivity contribution in [1.82, 2.24) is 10.6 Å². The predicted molar refractivity (Wildman–Crippen MR) is 67.0 cm³/mol.